The predicted molar refractivity (Wildman–Crippen MR) is 87.6 cm³/mol. The van der Waals surface area contributed by atoms with Crippen molar-refractivity contribution in [1.29, 1.82) is 0 Å². The third-order valence-electron chi connectivity index (χ3n) is 5.25. The molecular weight excluding hydrogens is 348 g/mol. The van der Waals surface area contributed by atoms with E-state index in [2.05, 4.69) is 0 Å². The quantitative estimate of drug-likeness (QED) is 0.852. The van der Waals surface area contributed by atoms with E-state index in [0.717, 1.165) is 23.6 Å². The van der Waals surface area contributed by atoms with Crippen molar-refractivity contribution in [2.24, 2.45) is 11.8 Å². The molecule has 1 saturated carbocycles. The summed E-state index contributed by atoms with van der Waals surface area (Å²) in [7, 11) is -0.948. The first kappa shape index (κ1) is 17.9. The van der Waals surface area contributed by atoms with Gasteiger partial charge in [0, 0.05) is 26.7 Å². The molecule has 0 aromatic carbocycles. The van der Waals surface area contributed by atoms with Gasteiger partial charge in [-0.05, 0) is 31.6 Å². The van der Waals surface area contributed by atoms with E-state index in [1.165, 1.54) is 32.0 Å². The van der Waals surface area contributed by atoms with E-state index in [1.54, 1.807) is 0 Å². The van der Waals surface area contributed by atoms with E-state index in [0.29, 0.717) is 6.54 Å². The number of likely N-dealkylation sites (tertiary alicyclic amines) is 1. The molecule has 8 nitrogen and oxygen atoms in total. The van der Waals surface area contributed by atoms with Crippen LogP contribution in [0.15, 0.2) is 15.4 Å². The lowest BCUT2D eigenvalue weighted by Crippen LogP contribution is -2.43. The van der Waals surface area contributed by atoms with Crippen molar-refractivity contribution in [3.05, 3.63) is 17.6 Å². The van der Waals surface area contributed by atoms with Gasteiger partial charge in [-0.1, -0.05) is 6.42 Å². The minimum Gasteiger partial charge on any atom is -0.480 e. The number of aliphatic carboxylic acids is 1. The molecule has 25 heavy (non-hydrogen) atoms. The fourth-order valence-electron chi connectivity index (χ4n) is 4.00. The molecule has 138 valence electrons. The van der Waals surface area contributed by atoms with Gasteiger partial charge in [0.2, 0.25) is 10.0 Å². The highest BCUT2D eigenvalue weighted by molar-refractivity contribution is 7.89. The molecule has 1 aromatic heterocycles. The Morgan fingerprint density at radius 3 is 2.60 bits per heavy atom. The van der Waals surface area contributed by atoms with Crippen molar-refractivity contribution in [2.45, 2.75) is 37.1 Å². The number of rotatable bonds is 4. The van der Waals surface area contributed by atoms with Crippen molar-refractivity contribution in [1.82, 2.24) is 9.21 Å². The zero-order valence-corrected chi connectivity index (χ0v) is 15.2. The van der Waals surface area contributed by atoms with Crippen LogP contribution < -0.4 is 0 Å². The monoisotopic (exact) mass is 370 g/mol. The number of hydrogen-bond acceptors (Lipinski definition) is 5. The summed E-state index contributed by atoms with van der Waals surface area (Å²) in [6.45, 7) is 1.84. The SMILES string of the molecule is Cc1oc(C(=O)N2CC3CCCC3C2C(=O)O)cc1S(=O)(=O)N(C)C. The van der Waals surface area contributed by atoms with Gasteiger partial charge in [-0.2, -0.15) is 0 Å². The van der Waals surface area contributed by atoms with E-state index in [4.69, 9.17) is 4.42 Å². The van der Waals surface area contributed by atoms with Crippen molar-refractivity contribution in [3.63, 3.8) is 0 Å². The molecule has 3 unspecified atom stereocenters. The maximum absolute atomic E-state index is 12.8. The standard InChI is InChI=1S/C16H22N2O6S/c1-9-13(25(22,23)17(2)3)7-12(24-9)15(19)18-8-10-5-4-6-11(10)14(18)16(20)21/h7,10-11,14H,4-6,8H2,1-3H3,(H,20,21). The lowest BCUT2D eigenvalue weighted by Gasteiger charge is -2.23. The van der Waals surface area contributed by atoms with Gasteiger partial charge in [-0.25, -0.2) is 17.5 Å². The van der Waals surface area contributed by atoms with Crippen molar-refractivity contribution in [3.8, 4) is 0 Å². The smallest absolute Gasteiger partial charge is 0.326 e. The van der Waals surface area contributed by atoms with Crippen LogP contribution in [0.3, 0.4) is 0 Å². The third-order valence-corrected chi connectivity index (χ3v) is 7.17. The molecule has 2 fully saturated rings. The van der Waals surface area contributed by atoms with E-state index in [-0.39, 0.29) is 28.3 Å². The van der Waals surface area contributed by atoms with Gasteiger partial charge in [0.05, 0.1) is 0 Å². The maximum Gasteiger partial charge on any atom is 0.326 e. The van der Waals surface area contributed by atoms with E-state index in [9.17, 15) is 23.1 Å². The normalized spacial score (nSPS) is 26.2. The van der Waals surface area contributed by atoms with E-state index < -0.39 is 27.9 Å². The molecule has 0 radical (unpaired) electrons. The number of carboxylic acid groups (broad SMARTS) is 1. The first-order valence-corrected chi connectivity index (χ1v) is 9.65. The number of aryl methyl sites for hydroxylation is 1. The van der Waals surface area contributed by atoms with Crippen LogP contribution in [0.5, 0.6) is 0 Å². The second kappa shape index (κ2) is 6.14. The first-order valence-electron chi connectivity index (χ1n) is 8.21. The largest absolute Gasteiger partial charge is 0.480 e. The minimum atomic E-state index is -3.74. The number of furan rings is 1. The number of carbonyl (C=O) groups excluding carboxylic acids is 1. The summed E-state index contributed by atoms with van der Waals surface area (Å²) in [5.41, 5.74) is 0. The van der Waals surface area contributed by atoms with Gasteiger partial charge in [0.15, 0.2) is 5.76 Å². The molecule has 1 aromatic rings. The molecule has 2 heterocycles. The van der Waals surface area contributed by atoms with Crippen molar-refractivity contribution < 1.29 is 27.5 Å². The Morgan fingerprint density at radius 1 is 1.32 bits per heavy atom. The topological polar surface area (TPSA) is 108 Å². The molecule has 1 N–H and O–H groups in total. The summed E-state index contributed by atoms with van der Waals surface area (Å²) >= 11 is 0. The summed E-state index contributed by atoms with van der Waals surface area (Å²) in [4.78, 5) is 25.7. The highest BCUT2D eigenvalue weighted by Gasteiger charge is 2.50. The number of carbonyl (C=O) groups is 2. The summed E-state index contributed by atoms with van der Waals surface area (Å²) in [5.74, 6) is -1.46. The number of fused-ring (bicyclic) bond motifs is 1. The van der Waals surface area contributed by atoms with Gasteiger partial charge >= 0.3 is 5.97 Å². The highest BCUT2D eigenvalue weighted by Crippen LogP contribution is 2.43. The lowest BCUT2D eigenvalue weighted by molar-refractivity contribution is -0.142. The van der Waals surface area contributed by atoms with Crippen LogP contribution in [0.1, 0.15) is 35.6 Å². The second-order valence-electron chi connectivity index (χ2n) is 6.91. The molecule has 1 aliphatic heterocycles. The van der Waals surface area contributed by atoms with Gasteiger partial charge in [-0.15, -0.1) is 0 Å². The molecule has 2 aliphatic rings. The number of carboxylic acids is 1. The molecule has 3 rings (SSSR count). The Balaban J connectivity index is 1.93. The van der Waals surface area contributed by atoms with Gasteiger partial charge in [-0.3, -0.25) is 4.79 Å². The number of amides is 1. The van der Waals surface area contributed by atoms with Crippen molar-refractivity contribution >= 4 is 21.9 Å². The maximum atomic E-state index is 12.8. The lowest BCUT2D eigenvalue weighted by atomic mass is 9.94. The van der Waals surface area contributed by atoms with Crippen LogP contribution in [0.2, 0.25) is 0 Å². The van der Waals surface area contributed by atoms with Gasteiger partial charge in [0.25, 0.3) is 5.91 Å². The molecule has 1 saturated heterocycles. The fourth-order valence-corrected chi connectivity index (χ4v) is 5.05. The Bertz CT molecular complexity index is 813. The summed E-state index contributed by atoms with van der Waals surface area (Å²) < 4.78 is 31.0. The Hall–Kier alpha value is -1.87. The highest BCUT2D eigenvalue weighted by atomic mass is 32.2. The van der Waals surface area contributed by atoms with E-state index >= 15 is 0 Å². The van der Waals surface area contributed by atoms with Crippen LogP contribution in [0, 0.1) is 18.8 Å². The van der Waals surface area contributed by atoms with Crippen LogP contribution in [0.25, 0.3) is 0 Å². The number of nitrogens with zero attached hydrogens (tertiary/aromatic N) is 2. The molecule has 3 atom stereocenters. The molecule has 0 spiro atoms. The molecule has 0 bridgehead atoms. The summed E-state index contributed by atoms with van der Waals surface area (Å²) in [6, 6.07) is 0.319. The van der Waals surface area contributed by atoms with Crippen LogP contribution >= 0.6 is 0 Å². The van der Waals surface area contributed by atoms with Crippen LogP contribution in [-0.4, -0.2) is 61.3 Å². The third kappa shape index (κ3) is 2.85. The average Bonchev–Trinajstić information content (AvgIpc) is 3.18. The van der Waals surface area contributed by atoms with Gasteiger partial charge < -0.3 is 14.4 Å². The Kier molecular flexibility index (Phi) is 4.40. The summed E-state index contributed by atoms with van der Waals surface area (Å²) in [5, 5.41) is 9.56. The van der Waals surface area contributed by atoms with Gasteiger partial charge in [0.1, 0.15) is 16.7 Å². The molecular formula is C16H22N2O6S. The minimum absolute atomic E-state index is 0.0394. The number of hydrogen-bond donors (Lipinski definition) is 1. The first-order chi connectivity index (χ1) is 11.6. The zero-order chi connectivity index (χ0) is 18.5. The Morgan fingerprint density at radius 2 is 2.00 bits per heavy atom. The molecule has 9 heteroatoms. The molecule has 1 aliphatic carbocycles. The average molecular weight is 370 g/mol. The van der Waals surface area contributed by atoms with E-state index in [1.807, 2.05) is 0 Å². The fraction of sp³-hybridized carbons (Fsp3) is 0.625. The number of sulfonamides is 1. The molecule has 1 amide bonds. The Labute approximate surface area is 146 Å². The zero-order valence-electron chi connectivity index (χ0n) is 14.4. The van der Waals surface area contributed by atoms with Crippen LogP contribution in [-0.2, 0) is 14.8 Å². The van der Waals surface area contributed by atoms with Crippen molar-refractivity contribution in [2.75, 3.05) is 20.6 Å². The predicted octanol–water partition coefficient (Wildman–Crippen LogP) is 1.16. The second-order valence-corrected chi connectivity index (χ2v) is 9.03. The van der Waals surface area contributed by atoms with Crippen LogP contribution in [0.4, 0.5) is 0 Å². The summed E-state index contributed by atoms with van der Waals surface area (Å²) in [6.07, 6.45) is 2.69.